The van der Waals surface area contributed by atoms with Crippen LogP contribution in [0.2, 0.25) is 0 Å². The molecule has 1 aliphatic heterocycles. The van der Waals surface area contributed by atoms with Crippen LogP contribution in [-0.4, -0.2) is 12.6 Å². The lowest BCUT2D eigenvalue weighted by Gasteiger charge is -1.95. The summed E-state index contributed by atoms with van der Waals surface area (Å²) in [7, 11) is 0. The van der Waals surface area contributed by atoms with Crippen LogP contribution >= 0.6 is 0 Å². The van der Waals surface area contributed by atoms with Gasteiger partial charge in [0.25, 0.3) is 0 Å². The molecule has 0 aliphatic carbocycles. The molecular formula is C9H26N2. The normalized spacial score (nSPS) is 19.9. The molecule has 2 nitrogen and oxygen atoms in total. The molecule has 72 valence electrons. The summed E-state index contributed by atoms with van der Waals surface area (Å²) in [5.74, 6) is 0. The highest BCUT2D eigenvalue weighted by Gasteiger charge is 2.05. The quantitative estimate of drug-likeness (QED) is 0.575. The fourth-order valence-electron chi connectivity index (χ4n) is 0.859. The fraction of sp³-hybridized carbons (Fsp3) is 1.00. The van der Waals surface area contributed by atoms with E-state index in [1.807, 2.05) is 27.7 Å². The summed E-state index contributed by atoms with van der Waals surface area (Å²) in [5.41, 5.74) is 0. The molecule has 1 rings (SSSR count). The van der Waals surface area contributed by atoms with E-state index in [-0.39, 0.29) is 6.15 Å². The first-order valence-electron chi connectivity index (χ1n) is 4.63. The zero-order valence-electron chi connectivity index (χ0n) is 8.91. The van der Waals surface area contributed by atoms with Gasteiger partial charge in [0.15, 0.2) is 0 Å². The summed E-state index contributed by atoms with van der Waals surface area (Å²) < 4.78 is 0. The molecule has 1 fully saturated rings. The second-order valence-electron chi connectivity index (χ2n) is 2.00. The highest BCUT2D eigenvalue weighted by Crippen LogP contribution is 2.01. The van der Waals surface area contributed by atoms with E-state index < -0.39 is 0 Å². The van der Waals surface area contributed by atoms with Crippen LogP contribution in [0.3, 0.4) is 0 Å². The molecule has 1 saturated heterocycles. The molecule has 0 aromatic rings. The molecule has 0 aromatic carbocycles. The molecule has 1 heterocycles. The third-order valence-corrected chi connectivity index (χ3v) is 1.31. The molecule has 1 atom stereocenters. The lowest BCUT2D eigenvalue weighted by atomic mass is 10.3. The molecule has 0 bridgehead atoms. The smallest absolute Gasteiger partial charge is 0.00391 e. The molecular weight excluding hydrogens is 136 g/mol. The number of nitrogens with one attached hydrogen (secondary N) is 1. The van der Waals surface area contributed by atoms with Gasteiger partial charge in [-0.25, -0.2) is 0 Å². The van der Waals surface area contributed by atoms with E-state index in [1.165, 1.54) is 19.4 Å². The monoisotopic (exact) mass is 162 g/mol. The Kier molecular flexibility index (Phi) is 25.7. The maximum atomic E-state index is 3.32. The molecule has 1 aliphatic rings. The van der Waals surface area contributed by atoms with Crippen LogP contribution in [0.25, 0.3) is 0 Å². The number of hydrogen-bond acceptors (Lipinski definition) is 2. The highest BCUT2D eigenvalue weighted by molar-refractivity contribution is 4.67. The van der Waals surface area contributed by atoms with E-state index in [0.29, 0.717) is 0 Å². The third kappa shape index (κ3) is 13.0. The van der Waals surface area contributed by atoms with Gasteiger partial charge in [0.05, 0.1) is 0 Å². The van der Waals surface area contributed by atoms with Gasteiger partial charge in [-0.05, 0) is 26.3 Å². The first kappa shape index (κ1) is 17.1. The van der Waals surface area contributed by atoms with Gasteiger partial charge in [0.1, 0.15) is 0 Å². The molecule has 11 heavy (non-hydrogen) atoms. The zero-order chi connectivity index (χ0) is 8.41. The Morgan fingerprint density at radius 2 is 1.55 bits per heavy atom. The SMILES string of the molecule is CC.CC.CC1CCCN1.N. The predicted molar refractivity (Wildman–Crippen MR) is 54.4 cm³/mol. The van der Waals surface area contributed by atoms with Gasteiger partial charge in [-0.2, -0.15) is 0 Å². The first-order valence-corrected chi connectivity index (χ1v) is 4.63. The second kappa shape index (κ2) is 16.5. The topological polar surface area (TPSA) is 47.0 Å². The van der Waals surface area contributed by atoms with Gasteiger partial charge in [-0.1, -0.05) is 27.7 Å². The van der Waals surface area contributed by atoms with Crippen molar-refractivity contribution in [1.29, 1.82) is 0 Å². The van der Waals surface area contributed by atoms with Crippen LogP contribution in [0.1, 0.15) is 47.5 Å². The van der Waals surface area contributed by atoms with E-state index in [1.54, 1.807) is 0 Å². The average molecular weight is 162 g/mol. The Hall–Kier alpha value is -0.0800. The van der Waals surface area contributed by atoms with Gasteiger partial charge in [0, 0.05) is 6.04 Å². The third-order valence-electron chi connectivity index (χ3n) is 1.31. The summed E-state index contributed by atoms with van der Waals surface area (Å²) in [4.78, 5) is 0. The van der Waals surface area contributed by atoms with Crippen LogP contribution < -0.4 is 11.5 Å². The molecule has 4 N–H and O–H groups in total. The van der Waals surface area contributed by atoms with Crippen molar-refractivity contribution in [3.05, 3.63) is 0 Å². The standard InChI is InChI=1S/C5H11N.2C2H6.H3N/c1-5-3-2-4-6-5;2*1-2;/h5-6H,2-4H2,1H3;2*1-2H3;1H3. The van der Waals surface area contributed by atoms with Crippen molar-refractivity contribution < 1.29 is 0 Å². The Balaban J connectivity index is -0.000000114. The molecule has 0 saturated carbocycles. The van der Waals surface area contributed by atoms with Gasteiger partial charge in [-0.3, -0.25) is 0 Å². The van der Waals surface area contributed by atoms with Crippen LogP contribution in [0.5, 0.6) is 0 Å². The predicted octanol–water partition coefficient (Wildman–Crippen LogP) is 2.97. The Morgan fingerprint density at radius 3 is 1.64 bits per heavy atom. The van der Waals surface area contributed by atoms with Gasteiger partial charge >= 0.3 is 0 Å². The maximum Gasteiger partial charge on any atom is 0.00391 e. The van der Waals surface area contributed by atoms with Crippen molar-refractivity contribution in [3.8, 4) is 0 Å². The minimum absolute atomic E-state index is 0. The van der Waals surface area contributed by atoms with Crippen molar-refractivity contribution in [3.63, 3.8) is 0 Å². The minimum atomic E-state index is 0. The first-order chi connectivity index (χ1) is 4.89. The molecule has 0 radical (unpaired) electrons. The number of hydrogen-bond donors (Lipinski definition) is 2. The largest absolute Gasteiger partial charge is 0.344 e. The van der Waals surface area contributed by atoms with Crippen LogP contribution in [-0.2, 0) is 0 Å². The minimum Gasteiger partial charge on any atom is -0.344 e. The molecule has 0 aromatic heterocycles. The number of rotatable bonds is 0. The van der Waals surface area contributed by atoms with E-state index >= 15 is 0 Å². The highest BCUT2D eigenvalue weighted by atomic mass is 14.9. The summed E-state index contributed by atoms with van der Waals surface area (Å²) in [5, 5.41) is 3.32. The van der Waals surface area contributed by atoms with Crippen molar-refractivity contribution in [1.82, 2.24) is 11.5 Å². The lowest BCUT2D eigenvalue weighted by molar-refractivity contribution is 0.664. The van der Waals surface area contributed by atoms with Crippen molar-refractivity contribution in [2.45, 2.75) is 53.5 Å². The summed E-state index contributed by atoms with van der Waals surface area (Å²) in [6, 6.07) is 0.796. The Morgan fingerprint density at radius 1 is 1.09 bits per heavy atom. The van der Waals surface area contributed by atoms with E-state index in [0.717, 1.165) is 6.04 Å². The molecule has 0 amide bonds. The van der Waals surface area contributed by atoms with Gasteiger partial charge < -0.3 is 11.5 Å². The zero-order valence-corrected chi connectivity index (χ0v) is 8.91. The Labute approximate surface area is 72.4 Å². The van der Waals surface area contributed by atoms with Crippen molar-refractivity contribution in [2.24, 2.45) is 0 Å². The van der Waals surface area contributed by atoms with Crippen molar-refractivity contribution in [2.75, 3.05) is 6.54 Å². The Bertz CT molecular complexity index is 40.8. The van der Waals surface area contributed by atoms with Crippen LogP contribution in [0, 0.1) is 0 Å². The van der Waals surface area contributed by atoms with E-state index in [4.69, 9.17) is 0 Å². The fourth-order valence-corrected chi connectivity index (χ4v) is 0.859. The van der Waals surface area contributed by atoms with Gasteiger partial charge in [0.2, 0.25) is 0 Å². The van der Waals surface area contributed by atoms with Crippen molar-refractivity contribution >= 4 is 0 Å². The molecule has 2 heteroatoms. The molecule has 1 unspecified atom stereocenters. The second-order valence-corrected chi connectivity index (χ2v) is 2.00. The van der Waals surface area contributed by atoms with Gasteiger partial charge in [-0.15, -0.1) is 0 Å². The van der Waals surface area contributed by atoms with Crippen LogP contribution in [0.15, 0.2) is 0 Å². The van der Waals surface area contributed by atoms with Crippen LogP contribution in [0.4, 0.5) is 0 Å². The van der Waals surface area contributed by atoms with E-state index in [2.05, 4.69) is 12.2 Å². The summed E-state index contributed by atoms with van der Waals surface area (Å²) >= 11 is 0. The van der Waals surface area contributed by atoms with E-state index in [9.17, 15) is 0 Å². The summed E-state index contributed by atoms with van der Waals surface area (Å²) in [6.07, 6.45) is 2.75. The lowest BCUT2D eigenvalue weighted by Crippen LogP contribution is -2.16. The molecule has 0 spiro atoms. The summed E-state index contributed by atoms with van der Waals surface area (Å²) in [6.45, 7) is 11.5. The maximum absolute atomic E-state index is 3.32. The average Bonchev–Trinajstić information content (AvgIpc) is 2.48.